The van der Waals surface area contributed by atoms with Crippen LogP contribution in [0, 0.1) is 0 Å². The number of aliphatic hydroxyl groups is 1. The monoisotopic (exact) mass is 157 g/mol. The molecule has 0 bridgehead atoms. The molecule has 1 rings (SSSR count). The van der Waals surface area contributed by atoms with Crippen LogP contribution in [-0.4, -0.2) is 41.9 Å². The summed E-state index contributed by atoms with van der Waals surface area (Å²) in [5.41, 5.74) is 0. The van der Waals surface area contributed by atoms with Gasteiger partial charge in [-0.15, -0.1) is 0 Å². The highest BCUT2D eigenvalue weighted by molar-refractivity contribution is 5.68. The van der Waals surface area contributed by atoms with Gasteiger partial charge >= 0.3 is 6.09 Å². The van der Waals surface area contributed by atoms with Crippen LogP contribution in [0.5, 0.6) is 0 Å². The molecule has 1 N–H and O–H groups in total. The summed E-state index contributed by atoms with van der Waals surface area (Å²) in [6.07, 6.45) is 0.759. The maximum Gasteiger partial charge on any atom is 0.410 e. The Bertz CT molecular complexity index is 163. The molecule has 1 saturated heterocycles. The summed E-state index contributed by atoms with van der Waals surface area (Å²) < 4.78 is 4.70. The number of aliphatic hydroxyl groups excluding tert-OH is 1. The average Bonchev–Trinajstić information content (AvgIpc) is 1.94. The molecule has 1 amide bonds. The zero-order chi connectivity index (χ0) is 8.27. The Kier molecular flexibility index (Phi) is 2.48. The summed E-state index contributed by atoms with van der Waals surface area (Å²) in [6.45, 7) is 4.40. The fraction of sp³-hybridized carbons (Fsp3) is 0.571. The Balaban J connectivity index is 2.16. The maximum atomic E-state index is 10.9. The van der Waals surface area contributed by atoms with E-state index in [4.69, 9.17) is 9.84 Å². The Morgan fingerprint density at radius 2 is 2.45 bits per heavy atom. The van der Waals surface area contributed by atoms with E-state index in [9.17, 15) is 4.79 Å². The first-order valence-corrected chi connectivity index (χ1v) is 3.44. The van der Waals surface area contributed by atoms with Crippen molar-refractivity contribution in [3.05, 3.63) is 12.7 Å². The first kappa shape index (κ1) is 8.07. The van der Waals surface area contributed by atoms with Gasteiger partial charge in [0.15, 0.2) is 0 Å². The van der Waals surface area contributed by atoms with Crippen LogP contribution in [0.15, 0.2) is 12.7 Å². The van der Waals surface area contributed by atoms with Crippen molar-refractivity contribution in [1.82, 2.24) is 4.90 Å². The first-order valence-electron chi connectivity index (χ1n) is 3.44. The van der Waals surface area contributed by atoms with Crippen molar-refractivity contribution in [2.45, 2.75) is 6.10 Å². The van der Waals surface area contributed by atoms with Crippen LogP contribution in [0.2, 0.25) is 0 Å². The normalized spacial score (nSPS) is 17.4. The highest BCUT2D eigenvalue weighted by atomic mass is 16.6. The highest BCUT2D eigenvalue weighted by Gasteiger charge is 2.29. The van der Waals surface area contributed by atoms with E-state index < -0.39 is 0 Å². The quantitative estimate of drug-likeness (QED) is 0.573. The number of amides is 1. The SMILES string of the molecule is C=CCOC(=O)N1CC(O)C1. The smallest absolute Gasteiger partial charge is 0.410 e. The lowest BCUT2D eigenvalue weighted by atomic mass is 10.2. The predicted octanol–water partition coefficient (Wildman–Crippen LogP) is -0.0145. The van der Waals surface area contributed by atoms with Crippen molar-refractivity contribution < 1.29 is 14.6 Å². The third-order valence-corrected chi connectivity index (χ3v) is 1.45. The number of hydrogen-bond donors (Lipinski definition) is 1. The second kappa shape index (κ2) is 3.39. The number of carbonyl (C=O) groups is 1. The molecule has 11 heavy (non-hydrogen) atoms. The number of likely N-dealkylation sites (tertiary alicyclic amines) is 1. The molecule has 0 aromatic heterocycles. The molecule has 62 valence electrons. The third-order valence-electron chi connectivity index (χ3n) is 1.45. The number of carbonyl (C=O) groups excluding carboxylic acids is 1. The Hall–Kier alpha value is -1.03. The molecule has 1 heterocycles. The zero-order valence-corrected chi connectivity index (χ0v) is 6.19. The van der Waals surface area contributed by atoms with Crippen molar-refractivity contribution in [3.63, 3.8) is 0 Å². The maximum absolute atomic E-state index is 10.9. The molecule has 0 aromatic carbocycles. The minimum atomic E-state index is -0.379. The van der Waals surface area contributed by atoms with Crippen LogP contribution < -0.4 is 0 Å². The van der Waals surface area contributed by atoms with Gasteiger partial charge in [-0.25, -0.2) is 4.79 Å². The van der Waals surface area contributed by atoms with Crippen LogP contribution in [0.4, 0.5) is 4.79 Å². The van der Waals surface area contributed by atoms with E-state index in [-0.39, 0.29) is 18.8 Å². The van der Waals surface area contributed by atoms with Gasteiger partial charge in [-0.1, -0.05) is 12.7 Å². The van der Waals surface area contributed by atoms with Crippen LogP contribution in [0.3, 0.4) is 0 Å². The van der Waals surface area contributed by atoms with Gasteiger partial charge in [0.25, 0.3) is 0 Å². The summed E-state index contributed by atoms with van der Waals surface area (Å²) >= 11 is 0. The van der Waals surface area contributed by atoms with Gasteiger partial charge in [0.1, 0.15) is 6.61 Å². The molecule has 4 nitrogen and oxygen atoms in total. The molecule has 0 unspecified atom stereocenters. The Labute approximate surface area is 65.1 Å². The average molecular weight is 157 g/mol. The molecule has 0 aliphatic carbocycles. The van der Waals surface area contributed by atoms with Crippen molar-refractivity contribution in [2.24, 2.45) is 0 Å². The lowest BCUT2D eigenvalue weighted by molar-refractivity contribution is 0.000823. The van der Waals surface area contributed by atoms with E-state index in [1.807, 2.05) is 0 Å². The first-order chi connectivity index (χ1) is 5.24. The molecule has 1 fully saturated rings. The number of nitrogens with zero attached hydrogens (tertiary/aromatic N) is 1. The van der Waals surface area contributed by atoms with Crippen molar-refractivity contribution in [1.29, 1.82) is 0 Å². The summed E-state index contributed by atoms with van der Waals surface area (Å²) in [6, 6.07) is 0. The molecular weight excluding hydrogens is 146 g/mol. The van der Waals surface area contributed by atoms with E-state index in [2.05, 4.69) is 6.58 Å². The largest absolute Gasteiger partial charge is 0.445 e. The summed E-state index contributed by atoms with van der Waals surface area (Å²) in [4.78, 5) is 12.3. The molecular formula is C7H11NO3. The summed E-state index contributed by atoms with van der Waals surface area (Å²) in [5, 5.41) is 8.82. The Morgan fingerprint density at radius 1 is 1.82 bits per heavy atom. The van der Waals surface area contributed by atoms with Crippen molar-refractivity contribution >= 4 is 6.09 Å². The number of β-amino-alcohol motifs (C(OH)–C–C–N with tert-alkyl or cyclic N) is 1. The molecule has 0 aromatic rings. The van der Waals surface area contributed by atoms with Gasteiger partial charge in [0.05, 0.1) is 19.2 Å². The van der Waals surface area contributed by atoms with Crippen LogP contribution >= 0.6 is 0 Å². The Morgan fingerprint density at radius 3 is 2.91 bits per heavy atom. The molecule has 0 spiro atoms. The van der Waals surface area contributed by atoms with E-state index in [0.717, 1.165) is 0 Å². The second-order valence-corrected chi connectivity index (χ2v) is 2.42. The van der Waals surface area contributed by atoms with Gasteiger partial charge < -0.3 is 14.7 Å². The minimum Gasteiger partial charge on any atom is -0.445 e. The number of hydrogen-bond acceptors (Lipinski definition) is 3. The highest BCUT2D eigenvalue weighted by Crippen LogP contribution is 2.08. The topological polar surface area (TPSA) is 49.8 Å². The molecule has 1 aliphatic heterocycles. The lowest BCUT2D eigenvalue weighted by Crippen LogP contribution is -2.53. The summed E-state index contributed by atoms with van der Waals surface area (Å²) in [7, 11) is 0. The predicted molar refractivity (Wildman–Crippen MR) is 39.1 cm³/mol. The van der Waals surface area contributed by atoms with Gasteiger partial charge in [-0.3, -0.25) is 0 Å². The standard InChI is InChI=1S/C7H11NO3/c1-2-3-11-7(10)8-4-6(9)5-8/h2,6,9H,1,3-5H2. The van der Waals surface area contributed by atoms with Crippen molar-refractivity contribution in [3.8, 4) is 0 Å². The van der Waals surface area contributed by atoms with Gasteiger partial charge in [-0.05, 0) is 0 Å². The fourth-order valence-corrected chi connectivity index (χ4v) is 0.826. The van der Waals surface area contributed by atoms with Gasteiger partial charge in [0, 0.05) is 0 Å². The number of ether oxygens (including phenoxy) is 1. The summed E-state index contributed by atoms with van der Waals surface area (Å²) in [5.74, 6) is 0. The molecule has 4 heteroatoms. The van der Waals surface area contributed by atoms with E-state index in [0.29, 0.717) is 13.1 Å². The third kappa shape index (κ3) is 1.94. The van der Waals surface area contributed by atoms with E-state index in [1.54, 1.807) is 0 Å². The molecule has 0 saturated carbocycles. The number of rotatable bonds is 2. The van der Waals surface area contributed by atoms with Crippen LogP contribution in [0.25, 0.3) is 0 Å². The molecule has 1 aliphatic rings. The van der Waals surface area contributed by atoms with E-state index >= 15 is 0 Å². The van der Waals surface area contributed by atoms with Gasteiger partial charge in [-0.2, -0.15) is 0 Å². The van der Waals surface area contributed by atoms with Gasteiger partial charge in [0.2, 0.25) is 0 Å². The van der Waals surface area contributed by atoms with Crippen molar-refractivity contribution in [2.75, 3.05) is 19.7 Å². The minimum absolute atomic E-state index is 0.228. The molecule has 0 radical (unpaired) electrons. The lowest BCUT2D eigenvalue weighted by Gasteiger charge is -2.34. The van der Waals surface area contributed by atoms with E-state index in [1.165, 1.54) is 11.0 Å². The van der Waals surface area contributed by atoms with Crippen LogP contribution in [0.1, 0.15) is 0 Å². The zero-order valence-electron chi connectivity index (χ0n) is 6.19. The van der Waals surface area contributed by atoms with Crippen LogP contribution in [-0.2, 0) is 4.74 Å². The fourth-order valence-electron chi connectivity index (χ4n) is 0.826. The molecule has 0 atom stereocenters. The second-order valence-electron chi connectivity index (χ2n) is 2.42.